The van der Waals surface area contributed by atoms with Crippen molar-refractivity contribution in [2.45, 2.75) is 19.3 Å². The van der Waals surface area contributed by atoms with Crippen molar-refractivity contribution in [3.63, 3.8) is 0 Å². The third kappa shape index (κ3) is 3.99. The number of carbonyl (C=O) groups is 1. The standard InChI is InChI=1S/C19H19BrFNO/c20-18-7-6-16(21)13-17(18)19(23)22-10-8-15(9-11-22)12-14-4-2-1-3-5-14/h1-7,13,15H,8-12H2. The Morgan fingerprint density at radius 2 is 1.83 bits per heavy atom. The van der Waals surface area contributed by atoms with Crippen LogP contribution in [0.1, 0.15) is 28.8 Å². The molecule has 1 amide bonds. The minimum atomic E-state index is -0.379. The fourth-order valence-corrected chi connectivity index (χ4v) is 3.54. The van der Waals surface area contributed by atoms with Gasteiger partial charge in [0.1, 0.15) is 5.82 Å². The van der Waals surface area contributed by atoms with Crippen molar-refractivity contribution in [2.75, 3.05) is 13.1 Å². The van der Waals surface area contributed by atoms with Crippen LogP contribution in [0, 0.1) is 11.7 Å². The molecule has 0 N–H and O–H groups in total. The first kappa shape index (κ1) is 16.2. The quantitative estimate of drug-likeness (QED) is 0.762. The number of halogens is 2. The Morgan fingerprint density at radius 3 is 2.52 bits per heavy atom. The van der Waals surface area contributed by atoms with Crippen LogP contribution in [0.4, 0.5) is 4.39 Å². The summed E-state index contributed by atoms with van der Waals surface area (Å²) in [6, 6.07) is 14.7. The first-order valence-electron chi connectivity index (χ1n) is 7.92. The normalized spacial score (nSPS) is 15.7. The lowest BCUT2D eigenvalue weighted by Gasteiger charge is -2.32. The lowest BCUT2D eigenvalue weighted by Crippen LogP contribution is -2.39. The van der Waals surface area contributed by atoms with Crippen LogP contribution in [0.3, 0.4) is 0 Å². The molecule has 120 valence electrons. The van der Waals surface area contributed by atoms with Gasteiger partial charge in [-0.15, -0.1) is 0 Å². The van der Waals surface area contributed by atoms with Crippen LogP contribution in [0.25, 0.3) is 0 Å². The third-order valence-corrected chi connectivity index (χ3v) is 5.12. The van der Waals surface area contributed by atoms with E-state index in [-0.39, 0.29) is 11.7 Å². The zero-order chi connectivity index (χ0) is 16.2. The summed E-state index contributed by atoms with van der Waals surface area (Å²) in [5.74, 6) is 0.141. The minimum Gasteiger partial charge on any atom is -0.339 e. The number of piperidine rings is 1. The molecule has 2 aromatic rings. The van der Waals surface area contributed by atoms with Crippen molar-refractivity contribution in [3.8, 4) is 0 Å². The van der Waals surface area contributed by atoms with Gasteiger partial charge in [0.2, 0.25) is 0 Å². The Labute approximate surface area is 144 Å². The summed E-state index contributed by atoms with van der Waals surface area (Å²) in [5, 5.41) is 0. The molecule has 2 nitrogen and oxygen atoms in total. The molecule has 4 heteroatoms. The maximum Gasteiger partial charge on any atom is 0.255 e. The van der Waals surface area contributed by atoms with E-state index in [9.17, 15) is 9.18 Å². The van der Waals surface area contributed by atoms with Gasteiger partial charge in [-0.25, -0.2) is 4.39 Å². The van der Waals surface area contributed by atoms with E-state index in [4.69, 9.17) is 0 Å². The molecule has 1 fully saturated rings. The lowest BCUT2D eigenvalue weighted by molar-refractivity contribution is 0.0689. The SMILES string of the molecule is O=C(c1cc(F)ccc1Br)N1CCC(Cc2ccccc2)CC1. The highest BCUT2D eigenvalue weighted by Crippen LogP contribution is 2.25. The van der Waals surface area contributed by atoms with E-state index in [0.717, 1.165) is 32.4 Å². The summed E-state index contributed by atoms with van der Waals surface area (Å²) in [7, 11) is 0. The molecule has 1 aliphatic heterocycles. The molecule has 23 heavy (non-hydrogen) atoms. The first-order chi connectivity index (χ1) is 11.1. The summed E-state index contributed by atoms with van der Waals surface area (Å²) in [4.78, 5) is 14.4. The number of nitrogens with zero attached hydrogens (tertiary/aromatic N) is 1. The highest BCUT2D eigenvalue weighted by molar-refractivity contribution is 9.10. The van der Waals surface area contributed by atoms with E-state index < -0.39 is 0 Å². The summed E-state index contributed by atoms with van der Waals surface area (Å²) >= 11 is 3.34. The smallest absolute Gasteiger partial charge is 0.255 e. The van der Waals surface area contributed by atoms with Gasteiger partial charge < -0.3 is 4.90 Å². The van der Waals surface area contributed by atoms with Crippen LogP contribution in [0.2, 0.25) is 0 Å². The molecule has 1 heterocycles. The maximum atomic E-state index is 13.4. The number of hydrogen-bond donors (Lipinski definition) is 0. The van der Waals surface area contributed by atoms with Crippen molar-refractivity contribution < 1.29 is 9.18 Å². The second kappa shape index (κ2) is 7.26. The van der Waals surface area contributed by atoms with Crippen LogP contribution in [-0.4, -0.2) is 23.9 Å². The molecular weight excluding hydrogens is 357 g/mol. The van der Waals surface area contributed by atoms with E-state index in [0.29, 0.717) is 16.0 Å². The molecular formula is C19H19BrFNO. The number of likely N-dealkylation sites (tertiary alicyclic amines) is 1. The zero-order valence-corrected chi connectivity index (χ0v) is 14.4. The molecule has 1 aliphatic rings. The van der Waals surface area contributed by atoms with Gasteiger partial charge >= 0.3 is 0 Å². The van der Waals surface area contributed by atoms with Gasteiger partial charge in [0.25, 0.3) is 5.91 Å². The molecule has 0 saturated carbocycles. The van der Waals surface area contributed by atoms with E-state index in [2.05, 4.69) is 40.2 Å². The highest BCUT2D eigenvalue weighted by Gasteiger charge is 2.25. The van der Waals surface area contributed by atoms with Gasteiger partial charge in [0, 0.05) is 17.6 Å². The fourth-order valence-electron chi connectivity index (χ4n) is 3.12. The van der Waals surface area contributed by atoms with Gasteiger partial charge in [-0.05, 0) is 64.9 Å². The van der Waals surface area contributed by atoms with Crippen molar-refractivity contribution in [1.29, 1.82) is 0 Å². The van der Waals surface area contributed by atoms with Crippen LogP contribution in [0.5, 0.6) is 0 Å². The Bertz CT molecular complexity index is 681. The predicted molar refractivity (Wildman–Crippen MR) is 92.9 cm³/mol. The van der Waals surface area contributed by atoms with Crippen LogP contribution in [-0.2, 0) is 6.42 Å². The van der Waals surface area contributed by atoms with E-state index in [1.54, 1.807) is 6.07 Å². The number of benzene rings is 2. The Hall–Kier alpha value is -1.68. The zero-order valence-electron chi connectivity index (χ0n) is 12.8. The fraction of sp³-hybridized carbons (Fsp3) is 0.316. The third-order valence-electron chi connectivity index (χ3n) is 4.43. The molecule has 0 atom stereocenters. The topological polar surface area (TPSA) is 20.3 Å². The molecule has 0 spiro atoms. The van der Waals surface area contributed by atoms with Crippen LogP contribution >= 0.6 is 15.9 Å². The predicted octanol–water partition coefficient (Wildman–Crippen LogP) is 4.68. The van der Waals surface area contributed by atoms with Gasteiger partial charge in [-0.3, -0.25) is 4.79 Å². The molecule has 3 rings (SSSR count). The Kier molecular flexibility index (Phi) is 5.11. The maximum absolute atomic E-state index is 13.4. The van der Waals surface area contributed by atoms with Gasteiger partial charge in [0.15, 0.2) is 0 Å². The molecule has 0 radical (unpaired) electrons. The molecule has 1 saturated heterocycles. The number of rotatable bonds is 3. The number of amides is 1. The van der Waals surface area contributed by atoms with Gasteiger partial charge in [0.05, 0.1) is 5.56 Å². The summed E-state index contributed by atoms with van der Waals surface area (Å²) in [6.45, 7) is 1.47. The molecule has 0 bridgehead atoms. The van der Waals surface area contributed by atoms with Crippen molar-refractivity contribution in [3.05, 3.63) is 69.9 Å². The second-order valence-electron chi connectivity index (χ2n) is 6.05. The van der Waals surface area contributed by atoms with E-state index >= 15 is 0 Å². The van der Waals surface area contributed by atoms with Gasteiger partial charge in [-0.1, -0.05) is 30.3 Å². The van der Waals surface area contributed by atoms with Crippen LogP contribution in [0.15, 0.2) is 53.0 Å². The second-order valence-corrected chi connectivity index (χ2v) is 6.90. The average Bonchev–Trinajstić information content (AvgIpc) is 2.58. The molecule has 0 unspecified atom stereocenters. The summed E-state index contributed by atoms with van der Waals surface area (Å²) < 4.78 is 14.0. The van der Waals surface area contributed by atoms with Crippen molar-refractivity contribution in [1.82, 2.24) is 4.90 Å². The van der Waals surface area contributed by atoms with Crippen LogP contribution < -0.4 is 0 Å². The minimum absolute atomic E-state index is 0.0884. The molecule has 0 aliphatic carbocycles. The summed E-state index contributed by atoms with van der Waals surface area (Å²) in [6.07, 6.45) is 3.05. The average molecular weight is 376 g/mol. The van der Waals surface area contributed by atoms with E-state index in [1.807, 2.05) is 11.0 Å². The molecule has 0 aromatic heterocycles. The number of hydrogen-bond acceptors (Lipinski definition) is 1. The van der Waals surface area contributed by atoms with Crippen molar-refractivity contribution in [2.24, 2.45) is 5.92 Å². The molecule has 2 aromatic carbocycles. The summed E-state index contributed by atoms with van der Waals surface area (Å²) in [5.41, 5.74) is 1.76. The first-order valence-corrected chi connectivity index (χ1v) is 8.71. The highest BCUT2D eigenvalue weighted by atomic mass is 79.9. The Morgan fingerprint density at radius 1 is 1.13 bits per heavy atom. The van der Waals surface area contributed by atoms with E-state index in [1.165, 1.54) is 17.7 Å². The Balaban J connectivity index is 1.60. The van der Waals surface area contributed by atoms with Gasteiger partial charge in [-0.2, -0.15) is 0 Å². The largest absolute Gasteiger partial charge is 0.339 e. The van der Waals surface area contributed by atoms with Crippen molar-refractivity contribution >= 4 is 21.8 Å². The monoisotopic (exact) mass is 375 g/mol. The lowest BCUT2D eigenvalue weighted by atomic mass is 9.90. The number of carbonyl (C=O) groups excluding carboxylic acids is 1.